The Balaban J connectivity index is 1.43. The molecule has 11 nitrogen and oxygen atoms in total. The number of nitrogens with two attached hydrogens (primary N) is 2. The van der Waals surface area contributed by atoms with E-state index >= 15 is 0 Å². The van der Waals surface area contributed by atoms with E-state index in [-0.39, 0.29) is 59.8 Å². The zero-order valence-corrected chi connectivity index (χ0v) is 32.8. The molecule has 4 rings (SSSR count). The van der Waals surface area contributed by atoms with Crippen molar-refractivity contribution >= 4 is 29.5 Å². The van der Waals surface area contributed by atoms with Gasteiger partial charge in [-0.3, -0.25) is 19.2 Å². The summed E-state index contributed by atoms with van der Waals surface area (Å²) in [6.45, 7) is 10.6. The summed E-state index contributed by atoms with van der Waals surface area (Å²) in [7, 11) is 0. The van der Waals surface area contributed by atoms with Crippen LogP contribution in [0.3, 0.4) is 0 Å². The maximum absolute atomic E-state index is 14.1. The lowest BCUT2D eigenvalue weighted by Crippen LogP contribution is -2.62. The van der Waals surface area contributed by atoms with Gasteiger partial charge in [-0.15, -0.1) is 0 Å². The first kappa shape index (κ1) is 42.6. The third kappa shape index (κ3) is 12.8. The molecule has 4 atom stereocenters. The Bertz CT molecular complexity index is 1520. The highest BCUT2D eigenvalue weighted by Crippen LogP contribution is 2.41. The number of hydrogen-bond acceptors (Lipinski definition) is 8. The first-order valence-electron chi connectivity index (χ1n) is 19.9. The largest absolute Gasteiger partial charge is 0.447 e. The third-order valence-electron chi connectivity index (χ3n) is 10.9. The van der Waals surface area contributed by atoms with E-state index < -0.39 is 23.9 Å². The molecule has 54 heavy (non-hydrogen) atoms. The number of rotatable bonds is 20. The second kappa shape index (κ2) is 20.6. The van der Waals surface area contributed by atoms with E-state index in [2.05, 4.69) is 5.32 Å². The van der Waals surface area contributed by atoms with Crippen LogP contribution in [0.1, 0.15) is 90.2 Å². The highest BCUT2D eigenvalue weighted by Gasteiger charge is 2.48. The molecule has 296 valence electrons. The van der Waals surface area contributed by atoms with E-state index in [1.54, 1.807) is 4.90 Å². The molecule has 1 spiro atoms. The Labute approximate surface area is 321 Å². The number of nitrogens with one attached hydrogen (secondary N) is 1. The van der Waals surface area contributed by atoms with Crippen LogP contribution in [0.5, 0.6) is 0 Å². The van der Waals surface area contributed by atoms with Crippen molar-refractivity contribution in [2.24, 2.45) is 34.6 Å². The molecule has 0 unspecified atom stereocenters. The van der Waals surface area contributed by atoms with Crippen molar-refractivity contribution in [3.63, 3.8) is 0 Å². The molecule has 2 aromatic carbocycles. The molecule has 3 amide bonds. The number of benzene rings is 2. The van der Waals surface area contributed by atoms with Crippen LogP contribution in [0.2, 0.25) is 0 Å². The predicted molar refractivity (Wildman–Crippen MR) is 210 cm³/mol. The number of ketones is 2. The fourth-order valence-corrected chi connectivity index (χ4v) is 7.74. The summed E-state index contributed by atoms with van der Waals surface area (Å²) >= 11 is 0. The predicted octanol–water partition coefficient (Wildman–Crippen LogP) is 5.08. The van der Waals surface area contributed by atoms with Crippen LogP contribution in [0, 0.1) is 23.2 Å². The molecule has 0 radical (unpaired) electrons. The van der Waals surface area contributed by atoms with Gasteiger partial charge in [-0.05, 0) is 82.4 Å². The van der Waals surface area contributed by atoms with Gasteiger partial charge in [0.15, 0.2) is 11.6 Å². The summed E-state index contributed by atoms with van der Waals surface area (Å²) in [5, 5.41) is 3.04. The van der Waals surface area contributed by atoms with Crippen LogP contribution in [-0.4, -0.2) is 90.2 Å². The Morgan fingerprint density at radius 1 is 0.778 bits per heavy atom. The Morgan fingerprint density at radius 3 is 1.91 bits per heavy atom. The van der Waals surface area contributed by atoms with Crippen LogP contribution in [-0.2, 0) is 36.8 Å². The Morgan fingerprint density at radius 2 is 1.35 bits per heavy atom. The lowest BCUT2D eigenvalue weighted by molar-refractivity contribution is -0.143. The summed E-state index contributed by atoms with van der Waals surface area (Å²) in [4.78, 5) is 71.7. The molecule has 2 aliphatic rings. The van der Waals surface area contributed by atoms with Crippen molar-refractivity contribution in [2.75, 3.05) is 32.7 Å². The van der Waals surface area contributed by atoms with Gasteiger partial charge in [0.2, 0.25) is 11.8 Å². The minimum atomic E-state index is -0.801. The number of Topliss-reactive ketones (excluding diaryl/α,β-unsaturated/α-hetero) is 2. The van der Waals surface area contributed by atoms with E-state index in [9.17, 15) is 24.0 Å². The number of piperidine rings is 1. The fourth-order valence-electron chi connectivity index (χ4n) is 7.74. The van der Waals surface area contributed by atoms with Gasteiger partial charge in [0.1, 0.15) is 0 Å². The van der Waals surface area contributed by atoms with Crippen LogP contribution in [0.25, 0.3) is 0 Å². The average Bonchev–Trinajstić information content (AvgIpc) is 3.13. The van der Waals surface area contributed by atoms with Gasteiger partial charge in [0, 0.05) is 56.3 Å². The zero-order chi connectivity index (χ0) is 39.3. The van der Waals surface area contributed by atoms with E-state index in [4.69, 9.17) is 16.2 Å². The SMILES string of the molecule is CC(C)C[C@@H](NC(=O)[C@H](CC(=O)[C@H](N)Cc1ccccc1)Cc1ccccc1)C(=O)C[C@H](CCCCN)C(=O)N1CCC2(CC1)CN(C(=O)OC(C)C)C2. The van der Waals surface area contributed by atoms with E-state index in [1.165, 1.54) is 0 Å². The summed E-state index contributed by atoms with van der Waals surface area (Å²) in [6.07, 6.45) is 4.19. The normalized spacial score (nSPS) is 17.4. The van der Waals surface area contributed by atoms with Crippen molar-refractivity contribution < 1.29 is 28.7 Å². The quantitative estimate of drug-likeness (QED) is 0.158. The maximum atomic E-state index is 14.1. The van der Waals surface area contributed by atoms with Gasteiger partial charge < -0.3 is 31.3 Å². The number of likely N-dealkylation sites (tertiary alicyclic amines) is 2. The number of carbonyl (C=O) groups excluding carboxylic acids is 5. The van der Waals surface area contributed by atoms with Crippen LogP contribution < -0.4 is 16.8 Å². The topological polar surface area (TPSA) is 165 Å². The number of unbranched alkanes of at least 4 members (excludes halogenated alkanes) is 1. The van der Waals surface area contributed by atoms with Gasteiger partial charge in [-0.2, -0.15) is 0 Å². The molecule has 0 saturated carbocycles. The minimum Gasteiger partial charge on any atom is -0.447 e. The van der Waals surface area contributed by atoms with Gasteiger partial charge in [0.25, 0.3) is 0 Å². The number of hydrogen-bond donors (Lipinski definition) is 3. The minimum absolute atomic E-state index is 0.00652. The first-order chi connectivity index (χ1) is 25.8. The van der Waals surface area contributed by atoms with Gasteiger partial charge in [-0.25, -0.2) is 4.79 Å². The third-order valence-corrected chi connectivity index (χ3v) is 10.9. The molecular formula is C43H63N5O6. The summed E-state index contributed by atoms with van der Waals surface area (Å²) in [5.74, 6) is -1.95. The summed E-state index contributed by atoms with van der Waals surface area (Å²) in [5.41, 5.74) is 14.0. The van der Waals surface area contributed by atoms with E-state index in [1.807, 2.05) is 93.3 Å². The fraction of sp³-hybridized carbons (Fsp3) is 0.605. The molecule has 2 saturated heterocycles. The zero-order valence-electron chi connectivity index (χ0n) is 32.8. The van der Waals surface area contributed by atoms with Crippen LogP contribution in [0.15, 0.2) is 60.7 Å². The molecule has 2 aliphatic heterocycles. The van der Waals surface area contributed by atoms with E-state index in [0.29, 0.717) is 58.4 Å². The molecule has 2 aromatic rings. The first-order valence-corrected chi connectivity index (χ1v) is 19.9. The van der Waals surface area contributed by atoms with Crippen molar-refractivity contribution in [2.45, 2.75) is 110 Å². The lowest BCUT2D eigenvalue weighted by Gasteiger charge is -2.53. The molecule has 0 aliphatic carbocycles. The summed E-state index contributed by atoms with van der Waals surface area (Å²) < 4.78 is 5.35. The van der Waals surface area contributed by atoms with Gasteiger partial charge in [-0.1, -0.05) is 80.9 Å². The molecule has 5 N–H and O–H groups in total. The second-order valence-electron chi connectivity index (χ2n) is 16.3. The number of ether oxygens (including phenoxy) is 1. The molecule has 0 aromatic heterocycles. The van der Waals surface area contributed by atoms with E-state index in [0.717, 1.165) is 36.8 Å². The number of carbonyl (C=O) groups is 5. The maximum Gasteiger partial charge on any atom is 0.410 e. The smallest absolute Gasteiger partial charge is 0.410 e. The molecule has 0 bridgehead atoms. The monoisotopic (exact) mass is 745 g/mol. The Kier molecular flexibility index (Phi) is 16.2. The van der Waals surface area contributed by atoms with Gasteiger partial charge >= 0.3 is 6.09 Å². The average molecular weight is 746 g/mol. The molecular weight excluding hydrogens is 683 g/mol. The standard InChI is InChI=1S/C43H63N5O6/c1-30(2)23-37(46-40(51)35(24-32-13-7-5-8-14-32)27-38(49)36(45)25-33-15-9-6-10-16-33)39(50)26-34(17-11-12-20-44)41(52)47-21-18-43(19-22-47)28-48(29-43)42(53)54-31(3)4/h5-10,13-16,30-31,34-37H,11-12,17-29,44-45H2,1-4H3,(H,46,51)/t34-,35-,36+,37+/m0/s1. The summed E-state index contributed by atoms with van der Waals surface area (Å²) in [6, 6.07) is 17.5. The van der Waals surface area contributed by atoms with Gasteiger partial charge in [0.05, 0.1) is 18.2 Å². The molecule has 2 heterocycles. The van der Waals surface area contributed by atoms with Crippen LogP contribution in [0.4, 0.5) is 4.79 Å². The van der Waals surface area contributed by atoms with Crippen molar-refractivity contribution in [1.82, 2.24) is 15.1 Å². The second-order valence-corrected chi connectivity index (χ2v) is 16.3. The highest BCUT2D eigenvalue weighted by molar-refractivity contribution is 5.94. The van der Waals surface area contributed by atoms with Crippen molar-refractivity contribution in [3.05, 3.63) is 71.8 Å². The number of nitrogens with zero attached hydrogens (tertiary/aromatic N) is 2. The number of amides is 3. The van der Waals surface area contributed by atoms with Crippen molar-refractivity contribution in [3.8, 4) is 0 Å². The van der Waals surface area contributed by atoms with Crippen molar-refractivity contribution in [1.29, 1.82) is 0 Å². The molecule has 11 heteroatoms. The Hall–Kier alpha value is -4.09. The molecule has 2 fully saturated rings. The highest BCUT2D eigenvalue weighted by atomic mass is 16.6. The van der Waals surface area contributed by atoms with Crippen LogP contribution >= 0.6 is 0 Å². The lowest BCUT2D eigenvalue weighted by atomic mass is 9.72.